The number of phenols is 1. The first-order valence-electron chi connectivity index (χ1n) is 9.86. The number of hydrogen-bond donors (Lipinski definition) is 1. The number of benzene rings is 2. The Morgan fingerprint density at radius 1 is 0.966 bits per heavy atom. The third-order valence-electron chi connectivity index (χ3n) is 6.10. The number of carbonyl (C=O) groups excluding carboxylic acids is 3. The summed E-state index contributed by atoms with van der Waals surface area (Å²) < 4.78 is 6.34. The van der Waals surface area contributed by atoms with Gasteiger partial charge in [0.05, 0.1) is 23.2 Å². The molecule has 29 heavy (non-hydrogen) atoms. The second-order valence-corrected chi connectivity index (χ2v) is 8.54. The van der Waals surface area contributed by atoms with Crippen LogP contribution in [0.3, 0.4) is 0 Å². The van der Waals surface area contributed by atoms with Crippen LogP contribution in [0.1, 0.15) is 58.5 Å². The number of rotatable bonds is 3. The van der Waals surface area contributed by atoms with Crippen molar-refractivity contribution in [2.75, 3.05) is 0 Å². The highest BCUT2D eigenvalue weighted by Gasteiger charge is 2.51. The topological polar surface area (TPSA) is 80.7 Å². The predicted octanol–water partition coefficient (Wildman–Crippen LogP) is 4.00. The van der Waals surface area contributed by atoms with Gasteiger partial charge in [-0.15, -0.1) is 0 Å². The second kappa shape index (κ2) is 6.92. The largest absolute Gasteiger partial charge is 0.507 e. The molecule has 5 heteroatoms. The molecule has 0 aliphatic heterocycles. The molecule has 5 nitrogen and oxygen atoms in total. The molecule has 0 radical (unpaired) electrons. The van der Waals surface area contributed by atoms with Crippen molar-refractivity contribution in [1.82, 2.24) is 0 Å². The summed E-state index contributed by atoms with van der Waals surface area (Å²) in [7, 11) is 0. The fraction of sp³-hybridized carbons (Fsp3) is 0.375. The van der Waals surface area contributed by atoms with Gasteiger partial charge in [0.25, 0.3) is 0 Å². The van der Waals surface area contributed by atoms with E-state index in [-0.39, 0.29) is 47.1 Å². The van der Waals surface area contributed by atoms with E-state index in [1.54, 1.807) is 6.07 Å². The molecular weight excluding hydrogens is 368 g/mol. The average molecular weight is 392 g/mol. The molecule has 150 valence electrons. The molecule has 1 saturated carbocycles. The van der Waals surface area contributed by atoms with Gasteiger partial charge in [-0.25, -0.2) is 0 Å². The Hall–Kier alpha value is -2.79. The third kappa shape index (κ3) is 3.29. The Balaban J connectivity index is 1.72. The molecule has 1 fully saturated rings. The van der Waals surface area contributed by atoms with Crippen LogP contribution in [-0.4, -0.2) is 28.6 Å². The Labute approximate surface area is 169 Å². The van der Waals surface area contributed by atoms with Crippen molar-refractivity contribution >= 4 is 17.3 Å². The van der Waals surface area contributed by atoms with Crippen molar-refractivity contribution in [3.8, 4) is 5.75 Å². The number of Topliss-reactive ketones (excluding diaryl/α,β-unsaturated/α-hetero) is 3. The highest BCUT2D eigenvalue weighted by atomic mass is 16.5. The molecule has 2 aliphatic rings. The molecule has 0 saturated heterocycles. The summed E-state index contributed by atoms with van der Waals surface area (Å²) >= 11 is 0. The first-order chi connectivity index (χ1) is 13.7. The monoisotopic (exact) mass is 392 g/mol. The van der Waals surface area contributed by atoms with Gasteiger partial charge in [0.2, 0.25) is 0 Å². The molecule has 1 N–H and O–H groups in total. The average Bonchev–Trinajstić information content (AvgIpc) is 2.65. The van der Waals surface area contributed by atoms with Gasteiger partial charge >= 0.3 is 0 Å². The Morgan fingerprint density at radius 2 is 1.66 bits per heavy atom. The van der Waals surface area contributed by atoms with Crippen molar-refractivity contribution in [2.24, 2.45) is 11.8 Å². The molecule has 3 atom stereocenters. The zero-order chi connectivity index (χ0) is 20.9. The van der Waals surface area contributed by atoms with Crippen LogP contribution >= 0.6 is 0 Å². The second-order valence-electron chi connectivity index (χ2n) is 8.54. The Kier molecular flexibility index (Phi) is 4.66. The summed E-state index contributed by atoms with van der Waals surface area (Å²) in [5.41, 5.74) is 1.55. The number of hydrogen-bond acceptors (Lipinski definition) is 5. The number of ether oxygens (including phenoxy) is 1. The highest BCUT2D eigenvalue weighted by molar-refractivity contribution is 6.18. The SMILES string of the molecule is Cc1ccc(C(C)(C)O[C@@H]2CC(=O)C[C@@H]3C(=O)c4cccc(O)c4C(=O)[C@@H]32)cc1. The van der Waals surface area contributed by atoms with Crippen molar-refractivity contribution in [3.63, 3.8) is 0 Å². The van der Waals surface area contributed by atoms with E-state index in [1.807, 2.05) is 45.0 Å². The molecule has 0 heterocycles. The normalized spacial score (nSPS) is 24.2. The minimum absolute atomic E-state index is 0.0369. The minimum Gasteiger partial charge on any atom is -0.507 e. The first kappa shape index (κ1) is 19.5. The summed E-state index contributed by atoms with van der Waals surface area (Å²) in [5.74, 6) is -2.38. The molecule has 0 spiro atoms. The van der Waals surface area contributed by atoms with Crippen LogP contribution < -0.4 is 0 Å². The van der Waals surface area contributed by atoms with E-state index in [9.17, 15) is 19.5 Å². The lowest BCUT2D eigenvalue weighted by Crippen LogP contribution is -2.50. The van der Waals surface area contributed by atoms with Gasteiger partial charge in [-0.2, -0.15) is 0 Å². The number of aromatic hydroxyl groups is 1. The minimum atomic E-state index is -0.772. The van der Waals surface area contributed by atoms with Crippen LogP contribution in [0.25, 0.3) is 0 Å². The molecule has 0 aromatic heterocycles. The van der Waals surface area contributed by atoms with E-state index in [1.165, 1.54) is 12.1 Å². The van der Waals surface area contributed by atoms with E-state index in [2.05, 4.69) is 0 Å². The molecule has 2 aromatic carbocycles. The van der Waals surface area contributed by atoms with Crippen molar-refractivity contribution in [3.05, 3.63) is 64.7 Å². The van der Waals surface area contributed by atoms with Crippen LogP contribution in [-0.2, 0) is 15.1 Å². The predicted molar refractivity (Wildman–Crippen MR) is 107 cm³/mol. The quantitative estimate of drug-likeness (QED) is 0.854. The lowest BCUT2D eigenvalue weighted by atomic mass is 9.65. The molecule has 2 aliphatic carbocycles. The van der Waals surface area contributed by atoms with Crippen LogP contribution in [0.15, 0.2) is 42.5 Å². The van der Waals surface area contributed by atoms with Crippen molar-refractivity contribution in [2.45, 2.75) is 45.3 Å². The maximum absolute atomic E-state index is 13.3. The van der Waals surface area contributed by atoms with Gasteiger partial charge in [-0.1, -0.05) is 42.0 Å². The van der Waals surface area contributed by atoms with E-state index < -0.39 is 23.5 Å². The lowest BCUT2D eigenvalue weighted by molar-refractivity contribution is -0.140. The van der Waals surface area contributed by atoms with Gasteiger partial charge in [-0.05, 0) is 32.4 Å². The van der Waals surface area contributed by atoms with E-state index in [0.717, 1.165) is 11.1 Å². The zero-order valence-corrected chi connectivity index (χ0v) is 16.8. The number of ketones is 3. The molecule has 0 bridgehead atoms. The van der Waals surface area contributed by atoms with Gasteiger partial charge in [0.15, 0.2) is 11.6 Å². The maximum atomic E-state index is 13.3. The Morgan fingerprint density at radius 3 is 2.34 bits per heavy atom. The molecule has 0 amide bonds. The van der Waals surface area contributed by atoms with Crippen LogP contribution in [0, 0.1) is 18.8 Å². The van der Waals surface area contributed by atoms with E-state index in [4.69, 9.17) is 4.74 Å². The lowest BCUT2D eigenvalue weighted by Gasteiger charge is -2.42. The maximum Gasteiger partial charge on any atom is 0.173 e. The first-order valence-corrected chi connectivity index (χ1v) is 9.86. The van der Waals surface area contributed by atoms with Gasteiger partial charge < -0.3 is 9.84 Å². The fourth-order valence-corrected chi connectivity index (χ4v) is 4.56. The van der Waals surface area contributed by atoms with Crippen LogP contribution in [0.5, 0.6) is 5.75 Å². The summed E-state index contributed by atoms with van der Waals surface area (Å²) in [4.78, 5) is 38.8. The summed E-state index contributed by atoms with van der Waals surface area (Å²) in [6.45, 7) is 5.79. The van der Waals surface area contributed by atoms with E-state index >= 15 is 0 Å². The zero-order valence-electron chi connectivity index (χ0n) is 16.8. The summed E-state index contributed by atoms with van der Waals surface area (Å²) in [6, 6.07) is 12.4. The van der Waals surface area contributed by atoms with Crippen LogP contribution in [0.4, 0.5) is 0 Å². The molecule has 0 unspecified atom stereocenters. The summed E-state index contributed by atoms with van der Waals surface area (Å²) in [6.07, 6.45) is -0.602. The third-order valence-corrected chi connectivity index (χ3v) is 6.10. The van der Waals surface area contributed by atoms with Crippen LogP contribution in [0.2, 0.25) is 0 Å². The highest BCUT2D eigenvalue weighted by Crippen LogP contribution is 2.44. The number of phenolic OH excluding ortho intramolecular Hbond substituents is 1. The molecule has 2 aromatic rings. The number of carbonyl (C=O) groups is 3. The smallest absolute Gasteiger partial charge is 0.173 e. The summed E-state index contributed by atoms with van der Waals surface area (Å²) in [5, 5.41) is 10.2. The molecule has 4 rings (SSSR count). The number of fused-ring (bicyclic) bond motifs is 2. The molecular formula is C24H24O5. The van der Waals surface area contributed by atoms with Gasteiger partial charge in [-0.3, -0.25) is 14.4 Å². The Bertz CT molecular complexity index is 1000. The van der Waals surface area contributed by atoms with Gasteiger partial charge in [0.1, 0.15) is 11.5 Å². The number of aryl methyl sites for hydroxylation is 1. The van der Waals surface area contributed by atoms with Gasteiger partial charge in [0, 0.05) is 24.3 Å². The van der Waals surface area contributed by atoms with Crippen molar-refractivity contribution < 1.29 is 24.2 Å². The fourth-order valence-electron chi connectivity index (χ4n) is 4.56. The van der Waals surface area contributed by atoms with E-state index in [0.29, 0.717) is 0 Å². The standard InChI is InChI=1S/C24H24O5/c1-13-7-9-14(10-8-13)24(2,3)29-19-12-15(25)11-17-21(19)23(28)20-16(22(17)27)5-4-6-18(20)26/h4-10,17,19,21,26H,11-12H2,1-3H3/t17-,19+,21-/m0/s1. The van der Waals surface area contributed by atoms with Crippen molar-refractivity contribution in [1.29, 1.82) is 0 Å².